The third kappa shape index (κ3) is 11.5. The van der Waals surface area contributed by atoms with E-state index >= 15 is 0 Å². The highest BCUT2D eigenvalue weighted by molar-refractivity contribution is 8.77. The fourth-order valence-electron chi connectivity index (χ4n) is 5.78. The highest BCUT2D eigenvalue weighted by Gasteiger charge is 2.41. The second-order valence-corrected chi connectivity index (χ2v) is 16.9. The fraction of sp³-hybridized carbons (Fsp3) is 0.459. The maximum atomic E-state index is 14.3. The molecule has 4 rings (SSSR count). The van der Waals surface area contributed by atoms with Crippen molar-refractivity contribution in [1.82, 2.24) is 25.8 Å². The van der Waals surface area contributed by atoms with Crippen LogP contribution in [0.4, 0.5) is 0 Å². The van der Waals surface area contributed by atoms with Gasteiger partial charge in [-0.1, -0.05) is 90.9 Å². The molecule has 2 heterocycles. The molecular formula is C37H47N5O8S2. The minimum Gasteiger partial charge on any atom is -0.480 e. The van der Waals surface area contributed by atoms with E-state index in [2.05, 4.69) is 20.9 Å². The number of carbonyl (C=O) groups is 6. The van der Waals surface area contributed by atoms with Gasteiger partial charge in [-0.05, 0) is 37.0 Å². The number of carboxylic acids is 1. The molecular weight excluding hydrogens is 707 g/mol. The molecule has 0 radical (unpaired) electrons. The van der Waals surface area contributed by atoms with Gasteiger partial charge < -0.3 is 35.7 Å². The number of para-hydroxylation sites is 1. The lowest BCUT2D eigenvalue weighted by atomic mass is 10.0. The fourth-order valence-corrected chi connectivity index (χ4v) is 8.24. The first-order chi connectivity index (χ1) is 24.6. The second-order valence-electron chi connectivity index (χ2n) is 13.7. The number of hydrogen-bond donors (Lipinski definition) is 5. The molecule has 4 amide bonds. The van der Waals surface area contributed by atoms with Crippen LogP contribution in [0.25, 0.3) is 10.9 Å². The van der Waals surface area contributed by atoms with Gasteiger partial charge in [0.05, 0.1) is 0 Å². The smallest absolute Gasteiger partial charge is 0.329 e. The molecule has 0 aliphatic carbocycles. The molecule has 0 saturated carbocycles. The summed E-state index contributed by atoms with van der Waals surface area (Å²) in [7, 11) is 2.95. The van der Waals surface area contributed by atoms with Gasteiger partial charge in [-0.3, -0.25) is 24.0 Å². The van der Waals surface area contributed by atoms with E-state index in [9.17, 15) is 33.9 Å². The van der Waals surface area contributed by atoms with Crippen LogP contribution in [0.2, 0.25) is 0 Å². The van der Waals surface area contributed by atoms with Gasteiger partial charge in [-0.15, -0.1) is 0 Å². The Bertz CT molecular complexity index is 1740. The third-order valence-electron chi connectivity index (χ3n) is 8.30. The lowest BCUT2D eigenvalue weighted by Gasteiger charge is -2.30. The van der Waals surface area contributed by atoms with Crippen LogP contribution in [-0.4, -0.2) is 97.9 Å². The molecule has 1 saturated heterocycles. The largest absolute Gasteiger partial charge is 0.480 e. The quantitative estimate of drug-likeness (QED) is 0.107. The summed E-state index contributed by atoms with van der Waals surface area (Å²) in [6.07, 6.45) is 1.35. The van der Waals surface area contributed by atoms with Crippen molar-refractivity contribution in [3.05, 3.63) is 71.9 Å². The highest BCUT2D eigenvalue weighted by Crippen LogP contribution is 2.36. The van der Waals surface area contributed by atoms with Crippen molar-refractivity contribution in [2.24, 2.45) is 0 Å². The van der Waals surface area contributed by atoms with Crippen molar-refractivity contribution in [3.63, 3.8) is 0 Å². The zero-order valence-electron chi connectivity index (χ0n) is 30.0. The number of nitrogens with zero attached hydrogens (tertiary/aromatic N) is 1. The number of esters is 1. The molecule has 0 bridgehead atoms. The van der Waals surface area contributed by atoms with Gasteiger partial charge in [0.1, 0.15) is 24.2 Å². The van der Waals surface area contributed by atoms with Crippen molar-refractivity contribution in [2.45, 2.75) is 95.3 Å². The first kappa shape index (κ1) is 40.3. The Morgan fingerprint density at radius 1 is 0.942 bits per heavy atom. The number of amides is 4. The molecule has 5 N–H and O–H groups in total. The van der Waals surface area contributed by atoms with Gasteiger partial charge >= 0.3 is 11.9 Å². The Kier molecular flexibility index (Phi) is 14.2. The van der Waals surface area contributed by atoms with Gasteiger partial charge in [0.2, 0.25) is 17.7 Å². The Morgan fingerprint density at radius 2 is 1.63 bits per heavy atom. The normalized spacial score (nSPS) is 16.7. The second kappa shape index (κ2) is 18.3. The maximum absolute atomic E-state index is 14.3. The van der Waals surface area contributed by atoms with Crippen molar-refractivity contribution in [1.29, 1.82) is 0 Å². The summed E-state index contributed by atoms with van der Waals surface area (Å²) in [4.78, 5) is 83.3. The number of aromatic amines is 1. The standard InChI is InChI=1S/C37H47N5O8S2/c1-22(35(47)48)39-33(45)31(18-24-12-7-6-8-13-24)50-36(49)30-16-11-17-42(30)34(46)29(21-51-52-37(3,4)5)41-32(44)28(40-23(2)43)19-25-20-38-27-15-10-9-14-26(25)27/h6-10,12-15,20,22,28-31,38H,11,16-19,21H2,1-5H3,(H,39,45)(H,40,43)(H,41,44)(H,47,48). The first-order valence-electron chi connectivity index (χ1n) is 17.1. The number of rotatable bonds is 16. The van der Waals surface area contributed by atoms with E-state index in [1.807, 2.05) is 45.0 Å². The average molecular weight is 754 g/mol. The van der Waals surface area contributed by atoms with Gasteiger partial charge in [0.25, 0.3) is 5.91 Å². The van der Waals surface area contributed by atoms with Crippen LogP contribution in [0.1, 0.15) is 58.6 Å². The van der Waals surface area contributed by atoms with Crippen molar-refractivity contribution < 1.29 is 38.6 Å². The van der Waals surface area contributed by atoms with E-state index in [-0.39, 0.29) is 36.3 Å². The van der Waals surface area contributed by atoms with Gasteiger partial charge in [0, 0.05) is 53.9 Å². The predicted octanol–water partition coefficient (Wildman–Crippen LogP) is 3.61. The molecule has 15 heteroatoms. The summed E-state index contributed by atoms with van der Waals surface area (Å²) in [6, 6.07) is 12.2. The molecule has 2 aromatic carbocycles. The van der Waals surface area contributed by atoms with E-state index in [0.29, 0.717) is 12.0 Å². The highest BCUT2D eigenvalue weighted by atomic mass is 33.1. The molecule has 5 atom stereocenters. The number of fused-ring (bicyclic) bond motifs is 1. The zero-order valence-corrected chi connectivity index (χ0v) is 31.6. The van der Waals surface area contributed by atoms with Gasteiger partial charge in [-0.2, -0.15) is 0 Å². The minimum atomic E-state index is -1.36. The predicted molar refractivity (Wildman–Crippen MR) is 201 cm³/mol. The molecule has 1 aliphatic rings. The number of aliphatic carboxylic acids is 1. The van der Waals surface area contributed by atoms with E-state index in [1.54, 1.807) is 47.3 Å². The number of hydrogen-bond acceptors (Lipinski definition) is 9. The summed E-state index contributed by atoms with van der Waals surface area (Å²) in [5, 5.41) is 18.2. The molecule has 280 valence electrons. The lowest BCUT2D eigenvalue weighted by molar-refractivity contribution is -0.163. The Hall–Kier alpha value is -4.50. The van der Waals surface area contributed by atoms with E-state index in [4.69, 9.17) is 4.74 Å². The van der Waals surface area contributed by atoms with E-state index in [0.717, 1.165) is 16.5 Å². The number of ether oxygens (including phenoxy) is 1. The Balaban J connectivity index is 1.54. The van der Waals surface area contributed by atoms with Crippen molar-refractivity contribution in [2.75, 3.05) is 12.3 Å². The molecule has 3 aromatic rings. The number of carboxylic acid groups (broad SMARTS) is 1. The number of aromatic nitrogens is 1. The van der Waals surface area contributed by atoms with Gasteiger partial charge in [-0.25, -0.2) is 4.79 Å². The number of H-pyrrole nitrogens is 1. The SMILES string of the molecule is CC(=O)NC(Cc1c[nH]c2ccccc12)C(=O)NC(CSSC(C)(C)C)C(=O)N1CCCC1C(=O)OC(Cc1ccccc1)C(=O)NC(C)C(=O)O. The Morgan fingerprint density at radius 3 is 2.31 bits per heavy atom. The molecule has 1 fully saturated rings. The first-order valence-corrected chi connectivity index (χ1v) is 19.5. The van der Waals surface area contributed by atoms with Crippen LogP contribution < -0.4 is 16.0 Å². The summed E-state index contributed by atoms with van der Waals surface area (Å²) in [5.41, 5.74) is 2.39. The molecule has 1 aliphatic heterocycles. The summed E-state index contributed by atoms with van der Waals surface area (Å²) >= 11 is 0. The number of nitrogens with one attached hydrogen (secondary N) is 4. The van der Waals surface area contributed by atoms with Crippen LogP contribution >= 0.6 is 21.6 Å². The van der Waals surface area contributed by atoms with Crippen molar-refractivity contribution >= 4 is 68.1 Å². The van der Waals surface area contributed by atoms with Gasteiger partial charge in [0.15, 0.2) is 6.10 Å². The Labute approximate surface area is 311 Å². The third-order valence-corrected chi connectivity index (χ3v) is 11.7. The monoisotopic (exact) mass is 753 g/mol. The van der Waals surface area contributed by atoms with Crippen LogP contribution in [0, 0.1) is 0 Å². The topological polar surface area (TPSA) is 187 Å². The van der Waals surface area contributed by atoms with Crippen LogP contribution in [0.3, 0.4) is 0 Å². The van der Waals surface area contributed by atoms with Crippen molar-refractivity contribution in [3.8, 4) is 0 Å². The van der Waals surface area contributed by atoms with E-state index in [1.165, 1.54) is 29.5 Å². The van der Waals surface area contributed by atoms with E-state index < -0.39 is 65.8 Å². The molecule has 52 heavy (non-hydrogen) atoms. The number of likely N-dealkylation sites (tertiary alicyclic amines) is 1. The van der Waals surface area contributed by atoms with Crippen LogP contribution in [0.15, 0.2) is 60.8 Å². The summed E-state index contributed by atoms with van der Waals surface area (Å²) in [6.45, 7) is 8.93. The number of carbonyl (C=O) groups excluding carboxylic acids is 5. The number of benzene rings is 2. The average Bonchev–Trinajstić information content (AvgIpc) is 3.74. The summed E-state index contributed by atoms with van der Waals surface area (Å²) in [5.74, 6) is -4.10. The molecule has 1 aromatic heterocycles. The molecule has 5 unspecified atom stereocenters. The van der Waals surface area contributed by atoms with Crippen LogP contribution in [-0.2, 0) is 46.3 Å². The van der Waals surface area contributed by atoms with Crippen LogP contribution in [0.5, 0.6) is 0 Å². The molecule has 13 nitrogen and oxygen atoms in total. The summed E-state index contributed by atoms with van der Waals surface area (Å²) < 4.78 is 5.59. The molecule has 0 spiro atoms. The zero-order chi connectivity index (χ0) is 38.0. The lowest BCUT2D eigenvalue weighted by Crippen LogP contribution is -2.57. The minimum absolute atomic E-state index is 0.00820. The maximum Gasteiger partial charge on any atom is 0.329 e.